The van der Waals surface area contributed by atoms with Gasteiger partial charge in [0.25, 0.3) is 0 Å². The van der Waals surface area contributed by atoms with Crippen LogP contribution in [0.15, 0.2) is 54.6 Å². The lowest BCUT2D eigenvalue weighted by Crippen LogP contribution is -2.60. The van der Waals surface area contributed by atoms with Gasteiger partial charge in [0.15, 0.2) is 0 Å². The minimum atomic E-state index is -1.53. The van der Waals surface area contributed by atoms with Gasteiger partial charge in [0, 0.05) is 25.3 Å². The summed E-state index contributed by atoms with van der Waals surface area (Å²) in [7, 11) is 0. The molecule has 4 amide bonds. The van der Waals surface area contributed by atoms with Gasteiger partial charge in [-0.1, -0.05) is 74.6 Å². The Morgan fingerprint density at radius 3 is 2.14 bits per heavy atom. The topological polar surface area (TPSA) is 205 Å². The second kappa shape index (κ2) is 23.1. The number of urea groups is 1. The molecule has 2 aromatic rings. The lowest BCUT2D eigenvalue weighted by molar-refractivity contribution is -0.497. The second-order valence-electron chi connectivity index (χ2n) is 14.2. The number of nitrogens with zero attached hydrogens (tertiary/aromatic N) is 2. The van der Waals surface area contributed by atoms with Crippen LogP contribution in [-0.4, -0.2) is 119 Å². The molecule has 16 nitrogen and oxygen atoms in total. The summed E-state index contributed by atoms with van der Waals surface area (Å²) in [5, 5.41) is 25.9. The fourth-order valence-corrected chi connectivity index (χ4v) is 7.23. The van der Waals surface area contributed by atoms with Crippen LogP contribution < -0.4 is 16.0 Å². The molecule has 1 saturated heterocycles. The molecular formula is C39H55N5O11S. The lowest BCUT2D eigenvalue weighted by Gasteiger charge is -2.33. The van der Waals surface area contributed by atoms with E-state index in [0.717, 1.165) is 37.7 Å². The number of esters is 2. The van der Waals surface area contributed by atoms with E-state index in [9.17, 15) is 24.0 Å². The number of amides is 4. The van der Waals surface area contributed by atoms with Gasteiger partial charge in [0.05, 0.1) is 42.9 Å². The molecule has 2 aliphatic rings. The first-order chi connectivity index (χ1) is 26.9. The third-order valence-electron chi connectivity index (χ3n) is 9.52. The van der Waals surface area contributed by atoms with E-state index in [0.29, 0.717) is 38.3 Å². The highest BCUT2D eigenvalue weighted by atomic mass is 32.2. The number of rotatable bonds is 19. The van der Waals surface area contributed by atoms with E-state index in [1.165, 1.54) is 36.0 Å². The van der Waals surface area contributed by atoms with Crippen molar-refractivity contribution in [2.24, 2.45) is 5.92 Å². The predicted octanol–water partition coefficient (Wildman–Crippen LogP) is 3.63. The first-order valence-electron chi connectivity index (χ1n) is 19.0. The standard InChI is InChI=1S/C39H55N5O11S/c1-26(2)54-38(48)34(55-37(47)30-16-14-29(15-17-30)24-53-44(50)51)31(22-27-10-6-4-7-11-27)40-36(46)33(25-56-3)41-35(45)32(23-28-12-8-5-9-13-28)42-39(49)43-18-20-52-21-19-43/h5,8-9,12-17,26-27,31-34,50-51H,4,6-7,10-11,18-25H2,1-3H3,(H,40,46)(H,41,45)(H,42,49)/t31-,32-,33-,34-/m0/s1. The van der Waals surface area contributed by atoms with E-state index in [1.54, 1.807) is 25.0 Å². The van der Waals surface area contributed by atoms with Crippen LogP contribution in [0, 0.1) is 5.92 Å². The maximum Gasteiger partial charge on any atom is 0.349 e. The van der Waals surface area contributed by atoms with Crippen molar-refractivity contribution in [2.75, 3.05) is 38.3 Å². The maximum atomic E-state index is 14.2. The molecule has 1 saturated carbocycles. The summed E-state index contributed by atoms with van der Waals surface area (Å²) in [6.07, 6.45) is 4.98. The fourth-order valence-electron chi connectivity index (χ4n) is 6.66. The van der Waals surface area contributed by atoms with Crippen LogP contribution in [0.3, 0.4) is 0 Å². The Labute approximate surface area is 331 Å². The Morgan fingerprint density at radius 2 is 1.52 bits per heavy atom. The monoisotopic (exact) mass is 801 g/mol. The Morgan fingerprint density at radius 1 is 0.857 bits per heavy atom. The van der Waals surface area contributed by atoms with Crippen LogP contribution in [-0.2, 0) is 46.5 Å². The van der Waals surface area contributed by atoms with Gasteiger partial charge in [0.2, 0.25) is 17.9 Å². The van der Waals surface area contributed by atoms with Crippen LogP contribution >= 0.6 is 11.8 Å². The van der Waals surface area contributed by atoms with Crippen molar-refractivity contribution in [1.29, 1.82) is 0 Å². The van der Waals surface area contributed by atoms with E-state index < -0.39 is 65.5 Å². The average Bonchev–Trinajstić information content (AvgIpc) is 3.19. The molecule has 0 aromatic heterocycles. The van der Waals surface area contributed by atoms with Crippen LogP contribution in [0.2, 0.25) is 0 Å². The van der Waals surface area contributed by atoms with Crippen molar-refractivity contribution in [3.8, 4) is 0 Å². The molecule has 0 radical (unpaired) electrons. The summed E-state index contributed by atoms with van der Waals surface area (Å²) in [4.78, 5) is 74.9. The smallest absolute Gasteiger partial charge is 0.349 e. The third kappa shape index (κ3) is 14.7. The summed E-state index contributed by atoms with van der Waals surface area (Å²) < 4.78 is 16.8. The number of hydrogen-bond acceptors (Lipinski definition) is 13. The largest absolute Gasteiger partial charge is 0.460 e. The maximum absolute atomic E-state index is 14.2. The molecule has 4 atom stereocenters. The number of morpholine rings is 1. The second-order valence-corrected chi connectivity index (χ2v) is 15.1. The van der Waals surface area contributed by atoms with Gasteiger partial charge in [-0.25, -0.2) is 19.2 Å². The Balaban J connectivity index is 1.57. The van der Waals surface area contributed by atoms with Crippen molar-refractivity contribution in [3.63, 3.8) is 0 Å². The zero-order valence-electron chi connectivity index (χ0n) is 32.2. The molecule has 0 spiro atoms. The van der Waals surface area contributed by atoms with Crippen LogP contribution in [0.4, 0.5) is 4.79 Å². The highest BCUT2D eigenvalue weighted by Gasteiger charge is 2.39. The van der Waals surface area contributed by atoms with Crippen molar-refractivity contribution in [1.82, 2.24) is 26.2 Å². The van der Waals surface area contributed by atoms with E-state index in [2.05, 4.69) is 20.8 Å². The van der Waals surface area contributed by atoms with Crippen molar-refractivity contribution in [3.05, 3.63) is 71.3 Å². The van der Waals surface area contributed by atoms with Gasteiger partial charge in [-0.3, -0.25) is 20.0 Å². The van der Waals surface area contributed by atoms with Crippen molar-refractivity contribution < 1.29 is 53.4 Å². The first-order valence-corrected chi connectivity index (χ1v) is 20.4. The minimum absolute atomic E-state index is 0.0970. The van der Waals surface area contributed by atoms with Crippen LogP contribution in [0.1, 0.15) is 73.9 Å². The molecule has 5 N–H and O–H groups in total. The summed E-state index contributed by atoms with van der Waals surface area (Å²) in [5.41, 5.74) is 1.42. The van der Waals surface area contributed by atoms with E-state index in [1.807, 2.05) is 30.3 Å². The summed E-state index contributed by atoms with van der Waals surface area (Å²) in [6.45, 7) is 4.68. The van der Waals surface area contributed by atoms with Crippen LogP contribution in [0.25, 0.3) is 0 Å². The normalized spacial score (nSPS) is 17.0. The van der Waals surface area contributed by atoms with Gasteiger partial charge in [-0.2, -0.15) is 11.8 Å². The molecule has 2 aromatic carbocycles. The fraction of sp³-hybridized carbons (Fsp3) is 0.564. The van der Waals surface area contributed by atoms with E-state index >= 15 is 0 Å². The Hall–Kier alpha value is -4.26. The molecule has 2 fully saturated rings. The number of thioether (sulfide) groups is 1. The first kappa shape index (κ1) is 44.5. The zero-order chi connectivity index (χ0) is 40.5. The molecule has 1 heterocycles. The Bertz CT molecular complexity index is 1550. The van der Waals surface area contributed by atoms with Gasteiger partial charge >= 0.3 is 18.0 Å². The number of ether oxygens (including phenoxy) is 3. The molecule has 1 aliphatic heterocycles. The third-order valence-corrected chi connectivity index (χ3v) is 10.2. The molecule has 0 bridgehead atoms. The number of carbonyl (C=O) groups excluding carboxylic acids is 5. The van der Waals surface area contributed by atoms with Gasteiger partial charge in [-0.05, 0) is 55.7 Å². The van der Waals surface area contributed by atoms with E-state index in [4.69, 9.17) is 24.6 Å². The molecule has 17 heteroatoms. The highest BCUT2D eigenvalue weighted by molar-refractivity contribution is 7.98. The van der Waals surface area contributed by atoms with E-state index in [-0.39, 0.29) is 30.3 Å². The number of benzene rings is 2. The highest BCUT2D eigenvalue weighted by Crippen LogP contribution is 2.29. The van der Waals surface area contributed by atoms with Gasteiger partial charge in [0.1, 0.15) is 12.1 Å². The molecule has 4 rings (SSSR count). The van der Waals surface area contributed by atoms with Gasteiger partial charge < -0.3 is 35.1 Å². The van der Waals surface area contributed by atoms with Crippen LogP contribution in [0.5, 0.6) is 0 Å². The quantitative estimate of drug-likeness (QED) is 0.102. The lowest BCUT2D eigenvalue weighted by atomic mass is 9.83. The average molecular weight is 802 g/mol. The SMILES string of the molecule is CSC[C@H](NC(=O)[C@H](Cc1ccccc1)NC(=O)N1CCOCC1)C(=O)N[C@@H](CC1CCCCC1)[C@H](OC(=O)c1ccc(CON(O)O)cc1)C(=O)OC(C)C. The Kier molecular flexibility index (Phi) is 18.3. The minimum Gasteiger partial charge on any atom is -0.460 e. The number of nitrogens with one attached hydrogen (secondary N) is 3. The van der Waals surface area contributed by atoms with Gasteiger partial charge in [-0.15, -0.1) is 0 Å². The molecule has 1 aliphatic carbocycles. The molecular weight excluding hydrogens is 747 g/mol. The summed E-state index contributed by atoms with van der Waals surface area (Å²) >= 11 is 1.33. The van der Waals surface area contributed by atoms with Crippen molar-refractivity contribution in [2.45, 2.75) is 95.7 Å². The number of hydrogen-bond donors (Lipinski definition) is 5. The van der Waals surface area contributed by atoms with Crippen molar-refractivity contribution >= 4 is 41.5 Å². The molecule has 308 valence electrons. The number of carbonyl (C=O) groups is 5. The summed E-state index contributed by atoms with van der Waals surface area (Å²) in [5.74, 6) is -2.52. The molecule has 56 heavy (non-hydrogen) atoms. The molecule has 0 unspecified atom stereocenters. The summed E-state index contributed by atoms with van der Waals surface area (Å²) in [6, 6.07) is 11.6. The predicted molar refractivity (Wildman–Crippen MR) is 205 cm³/mol. The zero-order valence-corrected chi connectivity index (χ0v) is 33.0.